The Labute approximate surface area is 200 Å². The Kier molecular flexibility index (Phi) is 4.77. The van der Waals surface area contributed by atoms with Gasteiger partial charge >= 0.3 is 0 Å². The summed E-state index contributed by atoms with van der Waals surface area (Å²) >= 11 is 0. The number of fused-ring (bicyclic) bond motifs is 2. The number of nitro groups is 1. The van der Waals surface area contributed by atoms with Crippen LogP contribution in [0.3, 0.4) is 0 Å². The number of para-hydroxylation sites is 1. The summed E-state index contributed by atoms with van der Waals surface area (Å²) in [6.45, 7) is 0. The molecule has 8 heteroatoms. The number of benzene rings is 2. The molecule has 35 heavy (non-hydrogen) atoms. The van der Waals surface area contributed by atoms with Crippen LogP contribution in [0.1, 0.15) is 11.1 Å². The van der Waals surface area contributed by atoms with Crippen LogP contribution in [0.4, 0.5) is 11.4 Å². The van der Waals surface area contributed by atoms with Gasteiger partial charge in [0.1, 0.15) is 11.3 Å². The Hall–Kier alpha value is -4.98. The molecule has 6 aromatic rings. The van der Waals surface area contributed by atoms with Crippen LogP contribution in [0.25, 0.3) is 33.8 Å². The van der Waals surface area contributed by atoms with Crippen LogP contribution in [0.15, 0.2) is 97.6 Å². The van der Waals surface area contributed by atoms with E-state index < -0.39 is 0 Å². The van der Waals surface area contributed by atoms with Crippen molar-refractivity contribution in [2.45, 2.75) is 6.42 Å². The summed E-state index contributed by atoms with van der Waals surface area (Å²) in [5.74, 6) is 0. The van der Waals surface area contributed by atoms with Crippen molar-refractivity contribution >= 4 is 22.7 Å². The number of nitro benzene ring substituents is 1. The van der Waals surface area contributed by atoms with Gasteiger partial charge in [0.05, 0.1) is 21.9 Å². The summed E-state index contributed by atoms with van der Waals surface area (Å²) in [6.07, 6.45) is 8.10. The lowest BCUT2D eigenvalue weighted by molar-refractivity contribution is -0.384. The normalized spacial score (nSPS) is 11.3. The quantitative estimate of drug-likeness (QED) is 0.211. The standard InChI is InChI=1S/C27H20N6O2/c28-22-6-2-1-5-20(22)23-16-32-12-10-19(15-27(32)30-23)13-18-8-9-21(25(14-18)33(34)35)24-17-31-11-4-3-7-26(31)29-24/h1-12,14-17H,13,28H2. The first-order valence-electron chi connectivity index (χ1n) is 11.1. The molecule has 0 unspecified atom stereocenters. The summed E-state index contributed by atoms with van der Waals surface area (Å²) in [5, 5.41) is 11.9. The molecular weight excluding hydrogens is 440 g/mol. The highest BCUT2D eigenvalue weighted by atomic mass is 16.6. The average Bonchev–Trinajstić information content (AvgIpc) is 3.48. The molecule has 0 aliphatic carbocycles. The SMILES string of the molecule is Nc1ccccc1-c1cn2ccc(Cc3ccc(-c4cn5ccccc5n4)c([N+](=O)[O-])c3)cc2n1. The van der Waals surface area contributed by atoms with Crippen LogP contribution < -0.4 is 5.73 Å². The Morgan fingerprint density at radius 3 is 2.29 bits per heavy atom. The van der Waals surface area contributed by atoms with Gasteiger partial charge < -0.3 is 14.5 Å². The average molecular weight is 460 g/mol. The third-order valence-electron chi connectivity index (χ3n) is 6.07. The zero-order chi connectivity index (χ0) is 23.9. The van der Waals surface area contributed by atoms with E-state index in [-0.39, 0.29) is 10.6 Å². The second-order valence-corrected chi connectivity index (χ2v) is 8.39. The summed E-state index contributed by atoms with van der Waals surface area (Å²) in [6, 6.07) is 22.6. The number of nitrogens with two attached hydrogens (primary N) is 1. The molecule has 0 aliphatic rings. The molecule has 0 fully saturated rings. The van der Waals surface area contributed by atoms with Crippen molar-refractivity contribution in [3.8, 4) is 22.5 Å². The Morgan fingerprint density at radius 1 is 0.771 bits per heavy atom. The predicted octanol–water partition coefficient (Wildman–Crippen LogP) is 5.40. The Balaban J connectivity index is 1.33. The first-order valence-corrected chi connectivity index (χ1v) is 11.1. The van der Waals surface area contributed by atoms with Gasteiger partial charge in [-0.05, 0) is 53.9 Å². The largest absolute Gasteiger partial charge is 0.398 e. The number of rotatable bonds is 5. The van der Waals surface area contributed by atoms with Crippen LogP contribution in [0, 0.1) is 10.1 Å². The van der Waals surface area contributed by atoms with Crippen molar-refractivity contribution in [3.63, 3.8) is 0 Å². The predicted molar refractivity (Wildman–Crippen MR) is 135 cm³/mol. The number of hydrogen-bond donors (Lipinski definition) is 1. The topological polar surface area (TPSA) is 104 Å². The summed E-state index contributed by atoms with van der Waals surface area (Å²) in [7, 11) is 0. The van der Waals surface area contributed by atoms with Crippen molar-refractivity contribution in [2.24, 2.45) is 0 Å². The molecule has 4 aromatic heterocycles. The highest BCUT2D eigenvalue weighted by Gasteiger charge is 2.19. The van der Waals surface area contributed by atoms with E-state index in [0.29, 0.717) is 23.4 Å². The highest BCUT2D eigenvalue weighted by molar-refractivity contribution is 5.75. The lowest BCUT2D eigenvalue weighted by Gasteiger charge is -2.06. The zero-order valence-electron chi connectivity index (χ0n) is 18.6. The van der Waals surface area contributed by atoms with Crippen molar-refractivity contribution in [1.82, 2.24) is 18.8 Å². The molecule has 0 bridgehead atoms. The Morgan fingerprint density at radius 2 is 1.49 bits per heavy atom. The maximum atomic E-state index is 11.9. The lowest BCUT2D eigenvalue weighted by Crippen LogP contribution is -1.96. The molecule has 0 amide bonds. The number of imidazole rings is 2. The fourth-order valence-corrected chi connectivity index (χ4v) is 4.35. The van der Waals surface area contributed by atoms with Crippen molar-refractivity contribution in [1.29, 1.82) is 0 Å². The van der Waals surface area contributed by atoms with E-state index in [1.54, 1.807) is 18.3 Å². The smallest absolute Gasteiger partial charge is 0.279 e. The van der Waals surface area contributed by atoms with E-state index in [4.69, 9.17) is 10.7 Å². The maximum Gasteiger partial charge on any atom is 0.279 e. The van der Waals surface area contributed by atoms with E-state index in [0.717, 1.165) is 33.7 Å². The molecule has 4 heterocycles. The van der Waals surface area contributed by atoms with Gasteiger partial charge in [-0.15, -0.1) is 0 Å². The van der Waals surface area contributed by atoms with Crippen LogP contribution in [0.2, 0.25) is 0 Å². The van der Waals surface area contributed by atoms with Crippen LogP contribution in [-0.4, -0.2) is 23.7 Å². The number of anilines is 1. The van der Waals surface area contributed by atoms with Crippen molar-refractivity contribution in [3.05, 3.63) is 119 Å². The molecule has 0 spiro atoms. The van der Waals surface area contributed by atoms with Crippen molar-refractivity contribution < 1.29 is 4.92 Å². The number of pyridine rings is 2. The molecule has 6 rings (SSSR count). The van der Waals surface area contributed by atoms with E-state index >= 15 is 0 Å². The second-order valence-electron chi connectivity index (χ2n) is 8.39. The molecule has 2 N–H and O–H groups in total. The zero-order valence-corrected chi connectivity index (χ0v) is 18.6. The molecule has 0 radical (unpaired) electrons. The minimum atomic E-state index is -0.350. The summed E-state index contributed by atoms with van der Waals surface area (Å²) in [4.78, 5) is 20.8. The van der Waals surface area contributed by atoms with Gasteiger partial charge in [0.2, 0.25) is 0 Å². The third-order valence-corrected chi connectivity index (χ3v) is 6.07. The van der Waals surface area contributed by atoms with Gasteiger partial charge in [-0.1, -0.05) is 30.3 Å². The Bertz CT molecular complexity index is 1700. The minimum absolute atomic E-state index is 0.0367. The molecule has 0 atom stereocenters. The van der Waals surface area contributed by atoms with E-state index in [1.807, 2.05) is 88.1 Å². The molecule has 8 nitrogen and oxygen atoms in total. The first kappa shape index (κ1) is 20.6. The molecule has 0 aliphatic heterocycles. The molecule has 0 saturated carbocycles. The molecule has 170 valence electrons. The van der Waals surface area contributed by atoms with Gasteiger partial charge in [-0.3, -0.25) is 10.1 Å². The lowest BCUT2D eigenvalue weighted by atomic mass is 10.0. The van der Waals surface area contributed by atoms with Crippen LogP contribution in [0.5, 0.6) is 0 Å². The number of aromatic nitrogens is 4. The van der Waals surface area contributed by atoms with E-state index in [1.165, 1.54) is 0 Å². The second kappa shape index (κ2) is 8.11. The highest BCUT2D eigenvalue weighted by Crippen LogP contribution is 2.31. The van der Waals surface area contributed by atoms with E-state index in [2.05, 4.69) is 4.98 Å². The first-order chi connectivity index (χ1) is 17.0. The fourth-order valence-electron chi connectivity index (χ4n) is 4.35. The maximum absolute atomic E-state index is 11.9. The van der Waals surface area contributed by atoms with Gasteiger partial charge in [-0.2, -0.15) is 0 Å². The van der Waals surface area contributed by atoms with Gasteiger partial charge in [0.15, 0.2) is 0 Å². The third kappa shape index (κ3) is 3.76. The fraction of sp³-hybridized carbons (Fsp3) is 0.0370. The number of hydrogen-bond acceptors (Lipinski definition) is 5. The number of nitrogens with zero attached hydrogens (tertiary/aromatic N) is 5. The molecule has 2 aromatic carbocycles. The van der Waals surface area contributed by atoms with Crippen molar-refractivity contribution in [2.75, 3.05) is 5.73 Å². The van der Waals surface area contributed by atoms with E-state index in [9.17, 15) is 10.1 Å². The summed E-state index contributed by atoms with van der Waals surface area (Å²) < 4.78 is 3.80. The minimum Gasteiger partial charge on any atom is -0.398 e. The monoisotopic (exact) mass is 460 g/mol. The van der Waals surface area contributed by atoms with Crippen LogP contribution in [-0.2, 0) is 6.42 Å². The molecule has 0 saturated heterocycles. The summed E-state index contributed by atoms with van der Waals surface area (Å²) in [5.41, 5.74) is 12.9. The molecular formula is C27H20N6O2. The van der Waals surface area contributed by atoms with Gasteiger partial charge in [0, 0.05) is 42.1 Å². The number of nitrogen functional groups attached to an aromatic ring is 1. The van der Waals surface area contributed by atoms with Gasteiger partial charge in [-0.25, -0.2) is 9.97 Å². The van der Waals surface area contributed by atoms with Gasteiger partial charge in [0.25, 0.3) is 5.69 Å². The van der Waals surface area contributed by atoms with Crippen LogP contribution >= 0.6 is 0 Å².